The number of methoxy groups -OCH3 is 1. The molecule has 0 bridgehead atoms. The maximum Gasteiger partial charge on any atom is 0.322 e. The van der Waals surface area contributed by atoms with Gasteiger partial charge >= 0.3 is 6.03 Å². The zero-order valence-corrected chi connectivity index (χ0v) is 15.7. The lowest BCUT2D eigenvalue weighted by atomic mass is 9.91. The molecular formula is C21H26FN3O2. The number of anilines is 1. The SMILES string of the molecule is COc1cccc(N(C)C(=O)NC2CCC(Cc3ccc(F)cc3)CN2)c1. The summed E-state index contributed by atoms with van der Waals surface area (Å²) in [6, 6.07) is 13.9. The quantitative estimate of drug-likeness (QED) is 0.845. The number of nitrogens with zero attached hydrogens (tertiary/aromatic N) is 1. The number of hydrogen-bond acceptors (Lipinski definition) is 3. The van der Waals surface area contributed by atoms with Gasteiger partial charge < -0.3 is 10.1 Å². The standard InChI is InChI=1S/C21H26FN3O2/c1-25(18-4-3-5-19(13-18)27-2)21(26)24-20-11-8-16(14-23-20)12-15-6-9-17(22)10-7-15/h3-7,9-10,13,16,20,23H,8,11-12,14H2,1-2H3,(H,24,26). The van der Waals surface area contributed by atoms with Crippen molar-refractivity contribution in [3.8, 4) is 5.75 Å². The van der Waals surface area contributed by atoms with Crippen molar-refractivity contribution < 1.29 is 13.9 Å². The Bertz CT molecular complexity index is 758. The van der Waals surface area contributed by atoms with Crippen molar-refractivity contribution in [3.05, 3.63) is 59.9 Å². The second-order valence-electron chi connectivity index (χ2n) is 6.94. The molecule has 1 aliphatic heterocycles. The monoisotopic (exact) mass is 371 g/mol. The van der Waals surface area contributed by atoms with E-state index in [1.54, 1.807) is 19.1 Å². The van der Waals surface area contributed by atoms with Crippen LogP contribution in [0.2, 0.25) is 0 Å². The van der Waals surface area contributed by atoms with Crippen LogP contribution in [0.25, 0.3) is 0 Å². The summed E-state index contributed by atoms with van der Waals surface area (Å²) in [6.07, 6.45) is 2.74. The Morgan fingerprint density at radius 1 is 1.26 bits per heavy atom. The first-order valence-electron chi connectivity index (χ1n) is 9.21. The van der Waals surface area contributed by atoms with Crippen molar-refractivity contribution in [3.63, 3.8) is 0 Å². The Kier molecular flexibility index (Phi) is 6.29. The summed E-state index contributed by atoms with van der Waals surface area (Å²) < 4.78 is 18.2. The minimum absolute atomic E-state index is 0.0463. The van der Waals surface area contributed by atoms with Crippen molar-refractivity contribution in [1.29, 1.82) is 0 Å². The number of hydrogen-bond donors (Lipinski definition) is 2. The van der Waals surface area contributed by atoms with Gasteiger partial charge in [-0.3, -0.25) is 10.2 Å². The molecule has 0 aliphatic carbocycles. The first-order chi connectivity index (χ1) is 13.0. The number of halogens is 1. The van der Waals surface area contributed by atoms with Crippen molar-refractivity contribution in [2.24, 2.45) is 5.92 Å². The number of ether oxygens (including phenoxy) is 1. The zero-order valence-electron chi connectivity index (χ0n) is 15.7. The number of carbonyl (C=O) groups is 1. The fourth-order valence-electron chi connectivity index (χ4n) is 3.35. The topological polar surface area (TPSA) is 53.6 Å². The van der Waals surface area contributed by atoms with Crippen LogP contribution in [-0.4, -0.2) is 32.9 Å². The Balaban J connectivity index is 1.48. The van der Waals surface area contributed by atoms with Crippen LogP contribution in [0.3, 0.4) is 0 Å². The van der Waals surface area contributed by atoms with Crippen molar-refractivity contribution in [2.45, 2.75) is 25.4 Å². The molecule has 2 amide bonds. The third-order valence-corrected chi connectivity index (χ3v) is 5.00. The van der Waals surface area contributed by atoms with Crippen molar-refractivity contribution in [1.82, 2.24) is 10.6 Å². The summed E-state index contributed by atoms with van der Waals surface area (Å²) in [4.78, 5) is 14.1. The van der Waals surface area contributed by atoms with Crippen LogP contribution in [0, 0.1) is 11.7 Å². The van der Waals surface area contributed by atoms with Gasteiger partial charge in [0.1, 0.15) is 11.6 Å². The highest BCUT2D eigenvalue weighted by Crippen LogP contribution is 2.21. The van der Waals surface area contributed by atoms with Crippen molar-refractivity contribution in [2.75, 3.05) is 25.6 Å². The van der Waals surface area contributed by atoms with Crippen LogP contribution >= 0.6 is 0 Å². The predicted octanol–water partition coefficient (Wildman–Crippen LogP) is 3.55. The van der Waals surface area contributed by atoms with E-state index in [1.165, 1.54) is 12.1 Å². The molecule has 0 saturated carbocycles. The highest BCUT2D eigenvalue weighted by Gasteiger charge is 2.23. The summed E-state index contributed by atoms with van der Waals surface area (Å²) in [7, 11) is 3.35. The van der Waals surface area contributed by atoms with Gasteiger partial charge in [0.25, 0.3) is 0 Å². The van der Waals surface area contributed by atoms with Gasteiger partial charge in [-0.15, -0.1) is 0 Å². The van der Waals surface area contributed by atoms with Crippen LogP contribution in [-0.2, 0) is 6.42 Å². The van der Waals surface area contributed by atoms with E-state index in [1.807, 2.05) is 36.4 Å². The average Bonchev–Trinajstić information content (AvgIpc) is 2.70. The molecule has 1 aliphatic rings. The second kappa shape index (κ2) is 8.86. The predicted molar refractivity (Wildman–Crippen MR) is 105 cm³/mol. The van der Waals surface area contributed by atoms with E-state index >= 15 is 0 Å². The molecule has 2 aromatic carbocycles. The summed E-state index contributed by atoms with van der Waals surface area (Å²) in [5.41, 5.74) is 1.92. The molecule has 2 aromatic rings. The summed E-state index contributed by atoms with van der Waals surface area (Å²) in [6.45, 7) is 0.825. The fourth-order valence-corrected chi connectivity index (χ4v) is 3.35. The van der Waals surface area contributed by atoms with Gasteiger partial charge in [-0.25, -0.2) is 9.18 Å². The normalized spacial score (nSPS) is 19.4. The Labute approximate surface area is 159 Å². The van der Waals surface area contributed by atoms with Gasteiger partial charge in [-0.05, 0) is 55.0 Å². The zero-order chi connectivity index (χ0) is 19.2. The number of piperidine rings is 1. The molecular weight excluding hydrogens is 345 g/mol. The molecule has 2 unspecified atom stereocenters. The minimum Gasteiger partial charge on any atom is -0.497 e. The first-order valence-corrected chi connectivity index (χ1v) is 9.21. The first kappa shape index (κ1) is 19.2. The molecule has 0 aromatic heterocycles. The Hall–Kier alpha value is -2.60. The van der Waals surface area contributed by atoms with Crippen LogP contribution in [0.5, 0.6) is 5.75 Å². The maximum absolute atomic E-state index is 13.0. The van der Waals surface area contributed by atoms with Crippen LogP contribution in [0.1, 0.15) is 18.4 Å². The van der Waals surface area contributed by atoms with E-state index in [0.29, 0.717) is 11.7 Å². The number of benzene rings is 2. The van der Waals surface area contributed by atoms with Gasteiger partial charge in [0.15, 0.2) is 0 Å². The van der Waals surface area contributed by atoms with Gasteiger partial charge in [-0.1, -0.05) is 18.2 Å². The molecule has 1 fully saturated rings. The smallest absolute Gasteiger partial charge is 0.322 e. The summed E-state index contributed by atoms with van der Waals surface area (Å²) >= 11 is 0. The highest BCUT2D eigenvalue weighted by molar-refractivity contribution is 5.91. The largest absolute Gasteiger partial charge is 0.497 e. The molecule has 5 nitrogen and oxygen atoms in total. The molecule has 2 N–H and O–H groups in total. The van der Waals surface area contributed by atoms with Gasteiger partial charge in [0.2, 0.25) is 0 Å². The van der Waals surface area contributed by atoms with E-state index in [-0.39, 0.29) is 18.0 Å². The molecule has 0 spiro atoms. The lowest BCUT2D eigenvalue weighted by Crippen LogP contribution is -2.53. The number of rotatable bonds is 5. The van der Waals surface area contributed by atoms with E-state index in [2.05, 4.69) is 10.6 Å². The molecule has 6 heteroatoms. The number of nitrogens with one attached hydrogen (secondary N) is 2. The van der Waals surface area contributed by atoms with E-state index in [9.17, 15) is 9.18 Å². The van der Waals surface area contributed by atoms with Crippen molar-refractivity contribution >= 4 is 11.7 Å². The Morgan fingerprint density at radius 3 is 2.70 bits per heavy atom. The molecule has 27 heavy (non-hydrogen) atoms. The van der Waals surface area contributed by atoms with E-state index in [4.69, 9.17) is 4.74 Å². The second-order valence-corrected chi connectivity index (χ2v) is 6.94. The van der Waals surface area contributed by atoms with E-state index < -0.39 is 0 Å². The van der Waals surface area contributed by atoms with Gasteiger partial charge in [-0.2, -0.15) is 0 Å². The average molecular weight is 371 g/mol. The Morgan fingerprint density at radius 2 is 2.04 bits per heavy atom. The highest BCUT2D eigenvalue weighted by atomic mass is 19.1. The molecule has 0 radical (unpaired) electrons. The van der Waals surface area contributed by atoms with Gasteiger partial charge in [0.05, 0.1) is 13.3 Å². The third kappa shape index (κ3) is 5.20. The van der Waals surface area contributed by atoms with Gasteiger partial charge in [0, 0.05) is 25.3 Å². The van der Waals surface area contributed by atoms with E-state index in [0.717, 1.165) is 37.1 Å². The number of urea groups is 1. The lowest BCUT2D eigenvalue weighted by molar-refractivity contribution is 0.228. The third-order valence-electron chi connectivity index (χ3n) is 5.00. The molecule has 3 rings (SSSR count). The number of carbonyl (C=O) groups excluding carboxylic acids is 1. The van der Waals surface area contributed by atoms with Crippen LogP contribution in [0.15, 0.2) is 48.5 Å². The minimum atomic E-state index is -0.205. The lowest BCUT2D eigenvalue weighted by Gasteiger charge is -2.32. The molecule has 2 atom stereocenters. The molecule has 1 heterocycles. The molecule has 144 valence electrons. The number of amides is 2. The summed E-state index contributed by atoms with van der Waals surface area (Å²) in [5, 5.41) is 6.44. The van der Waals surface area contributed by atoms with Crippen LogP contribution in [0.4, 0.5) is 14.9 Å². The summed E-state index contributed by atoms with van der Waals surface area (Å²) in [5.74, 6) is 0.995. The fraction of sp³-hybridized carbons (Fsp3) is 0.381. The molecule has 1 saturated heterocycles. The maximum atomic E-state index is 13.0. The van der Waals surface area contributed by atoms with Crippen LogP contribution < -0.4 is 20.3 Å².